The number of aromatic hydroxyl groups is 5. The smallest absolute Gasteiger partial charge is 0.331 e. The van der Waals surface area contributed by atoms with E-state index < -0.39 is 103 Å². The van der Waals surface area contributed by atoms with Gasteiger partial charge >= 0.3 is 5.97 Å². The van der Waals surface area contributed by atoms with Crippen LogP contribution < -0.4 is 10.2 Å². The number of aliphatic hydroxyl groups is 5. The van der Waals surface area contributed by atoms with Gasteiger partial charge in [0.25, 0.3) is 0 Å². The van der Waals surface area contributed by atoms with Crippen LogP contribution in [0.4, 0.5) is 0 Å². The first-order valence-corrected chi connectivity index (χ1v) is 18.4. The van der Waals surface area contributed by atoms with Crippen LogP contribution in [-0.2, 0) is 30.2 Å². The highest BCUT2D eigenvalue weighted by Crippen LogP contribution is 2.41. The van der Waals surface area contributed by atoms with Crippen LogP contribution >= 0.6 is 0 Å². The number of fused-ring (bicyclic) bond motifs is 1. The molecule has 0 radical (unpaired) electrons. The van der Waals surface area contributed by atoms with Crippen LogP contribution in [0.3, 0.4) is 0 Å². The van der Waals surface area contributed by atoms with Crippen molar-refractivity contribution in [1.82, 2.24) is 0 Å². The quantitative estimate of drug-likeness (QED) is 0.0666. The van der Waals surface area contributed by atoms with E-state index in [2.05, 4.69) is 0 Å². The average Bonchev–Trinajstić information content (AvgIpc) is 3.22. The fraction of sp³-hybridized carbons (Fsp3) is 0.286. The van der Waals surface area contributed by atoms with E-state index in [1.165, 1.54) is 66.7 Å². The Hall–Kier alpha value is -6.22. The van der Waals surface area contributed by atoms with E-state index in [4.69, 9.17) is 28.1 Å². The van der Waals surface area contributed by atoms with Gasteiger partial charge in [0.05, 0.1) is 13.2 Å². The summed E-state index contributed by atoms with van der Waals surface area (Å²) in [5, 5.41) is 105. The summed E-state index contributed by atoms with van der Waals surface area (Å²) in [6.07, 6.45) is -14.0. The predicted molar refractivity (Wildman–Crippen MR) is 206 cm³/mol. The molecule has 60 heavy (non-hydrogen) atoms. The first-order valence-electron chi connectivity index (χ1n) is 18.4. The lowest BCUT2D eigenvalue weighted by atomic mass is 9.98. The molecule has 18 nitrogen and oxygen atoms in total. The van der Waals surface area contributed by atoms with Crippen molar-refractivity contribution in [3.63, 3.8) is 0 Å². The zero-order valence-electron chi connectivity index (χ0n) is 31.2. The molecule has 0 bridgehead atoms. The fourth-order valence-corrected chi connectivity index (χ4v) is 6.82. The summed E-state index contributed by atoms with van der Waals surface area (Å²) in [5.41, 5.74) is -0.206. The first kappa shape index (κ1) is 41.9. The van der Waals surface area contributed by atoms with E-state index in [0.29, 0.717) is 11.1 Å². The number of phenolic OH excluding ortho intramolecular Hbond substituents is 5. The maximum Gasteiger partial charge on any atom is 0.331 e. The number of carbonyl (C=O) groups excluding carboxylic acids is 1. The first-order chi connectivity index (χ1) is 28.7. The van der Waals surface area contributed by atoms with Gasteiger partial charge in [-0.15, -0.1) is 0 Å². The standard InChI is InChI=1S/C42H40O18/c43-17-29-33(52)35(54)40(60-41-39(32(51)28(49)18-55-41)57-30(50)13-6-19-4-9-22(44)10-5-19)42(56-29)59-38-34(53)31-27(48)16-26(47)25(15-20-2-1-3-24(46)14-20)37(31)58-36(38)21-7-11-23(45)12-8-21/h1-14,16,28-29,32-33,35,39-49,51-52,54H,15,17-18H2/b13-6+/t28-,29-,32+,33-,35+,39-,40-,41+,42+/m1/s1. The molecule has 1 aromatic heterocycles. The van der Waals surface area contributed by atoms with Crippen molar-refractivity contribution < 1.29 is 84.0 Å². The summed E-state index contributed by atoms with van der Waals surface area (Å²) in [5.74, 6) is -3.51. The van der Waals surface area contributed by atoms with Crippen LogP contribution in [0.1, 0.15) is 16.7 Å². The van der Waals surface area contributed by atoms with Crippen LogP contribution in [0.5, 0.6) is 34.5 Å². The number of benzene rings is 4. The highest BCUT2D eigenvalue weighted by Gasteiger charge is 2.51. The largest absolute Gasteiger partial charge is 0.508 e. The van der Waals surface area contributed by atoms with Gasteiger partial charge in [-0.25, -0.2) is 4.79 Å². The third-order valence-corrected chi connectivity index (χ3v) is 9.94. The summed E-state index contributed by atoms with van der Waals surface area (Å²) in [7, 11) is 0. The maximum atomic E-state index is 14.5. The third-order valence-electron chi connectivity index (χ3n) is 9.94. The Balaban J connectivity index is 1.28. The Labute approximate surface area is 339 Å². The molecule has 0 spiro atoms. The molecule has 4 aromatic carbocycles. The molecular formula is C42H40O18. The second-order valence-electron chi connectivity index (χ2n) is 14.1. The van der Waals surface area contributed by atoms with Crippen molar-refractivity contribution >= 4 is 23.0 Å². The molecule has 0 saturated carbocycles. The van der Waals surface area contributed by atoms with E-state index in [0.717, 1.165) is 12.1 Å². The Morgan fingerprint density at radius 3 is 2.17 bits per heavy atom. The van der Waals surface area contributed by atoms with Gasteiger partial charge in [0.2, 0.25) is 17.5 Å². The molecule has 9 atom stereocenters. The minimum atomic E-state index is -2.00. The highest BCUT2D eigenvalue weighted by atomic mass is 16.8. The summed E-state index contributed by atoms with van der Waals surface area (Å²) in [6, 6.07) is 18.0. The van der Waals surface area contributed by atoms with E-state index >= 15 is 0 Å². The monoisotopic (exact) mass is 832 g/mol. The van der Waals surface area contributed by atoms with Crippen molar-refractivity contribution in [2.75, 3.05) is 13.2 Å². The Morgan fingerprint density at radius 2 is 1.48 bits per heavy atom. The Kier molecular flexibility index (Phi) is 12.3. The average molecular weight is 833 g/mol. The summed E-state index contributed by atoms with van der Waals surface area (Å²) in [6.45, 7) is -1.44. The molecule has 2 aliphatic rings. The fourth-order valence-electron chi connectivity index (χ4n) is 6.82. The minimum Gasteiger partial charge on any atom is -0.508 e. The van der Waals surface area contributed by atoms with E-state index in [1.807, 2.05) is 0 Å². The van der Waals surface area contributed by atoms with Crippen LogP contribution in [0, 0.1) is 0 Å². The molecule has 0 amide bonds. The van der Waals surface area contributed by atoms with Gasteiger partial charge in [0.1, 0.15) is 70.2 Å². The molecule has 0 unspecified atom stereocenters. The van der Waals surface area contributed by atoms with Crippen molar-refractivity contribution in [2.45, 2.75) is 61.7 Å². The number of aliphatic hydroxyl groups excluding tert-OH is 5. The van der Waals surface area contributed by atoms with Crippen LogP contribution in [0.25, 0.3) is 28.4 Å². The second kappa shape index (κ2) is 17.6. The van der Waals surface area contributed by atoms with Crippen molar-refractivity contribution in [2.24, 2.45) is 0 Å². The normalized spacial score (nSPS) is 25.6. The summed E-state index contributed by atoms with van der Waals surface area (Å²) in [4.78, 5) is 27.5. The summed E-state index contributed by atoms with van der Waals surface area (Å²) >= 11 is 0. The third kappa shape index (κ3) is 8.71. The topological polar surface area (TPSA) is 296 Å². The molecule has 0 aliphatic carbocycles. The zero-order chi connectivity index (χ0) is 42.8. The predicted octanol–water partition coefficient (Wildman–Crippen LogP) is 1.49. The van der Waals surface area contributed by atoms with Crippen LogP contribution in [-0.4, -0.2) is 126 Å². The number of esters is 1. The number of hydrogen-bond acceptors (Lipinski definition) is 18. The lowest BCUT2D eigenvalue weighted by Gasteiger charge is -2.45. The SMILES string of the molecule is O=C(/C=C/c1ccc(O)cc1)O[C@H]1[C@H](O[C@H]2[C@H](Oc3c(-c4ccc(O)cc4)oc4c(Cc5cccc(O)c5)c(O)cc(O)c4c3=O)O[C@H](CO)[C@@H](O)[C@@H]2O)OC[C@@H](O)[C@@H]1O. The molecule has 3 heterocycles. The molecule has 7 rings (SSSR count). The van der Waals surface area contributed by atoms with Crippen molar-refractivity contribution in [3.05, 3.63) is 112 Å². The molecule has 5 aromatic rings. The number of rotatable bonds is 11. The van der Waals surface area contributed by atoms with Gasteiger partial charge in [-0.1, -0.05) is 24.3 Å². The Morgan fingerprint density at radius 1 is 0.783 bits per heavy atom. The molecule has 316 valence electrons. The van der Waals surface area contributed by atoms with Crippen LogP contribution in [0.2, 0.25) is 0 Å². The molecule has 2 saturated heterocycles. The van der Waals surface area contributed by atoms with Gasteiger partial charge in [0, 0.05) is 29.7 Å². The highest BCUT2D eigenvalue weighted by molar-refractivity contribution is 5.91. The van der Waals surface area contributed by atoms with Crippen LogP contribution in [0.15, 0.2) is 94.2 Å². The second-order valence-corrected chi connectivity index (χ2v) is 14.1. The van der Waals surface area contributed by atoms with Gasteiger partial charge < -0.3 is 79.2 Å². The van der Waals surface area contributed by atoms with E-state index in [1.54, 1.807) is 12.1 Å². The molecular weight excluding hydrogens is 792 g/mol. The molecule has 18 heteroatoms. The minimum absolute atomic E-state index is 0.00944. The van der Waals surface area contributed by atoms with Gasteiger partial charge in [-0.05, 0) is 65.7 Å². The van der Waals surface area contributed by atoms with E-state index in [9.17, 15) is 60.7 Å². The molecule has 2 fully saturated rings. The van der Waals surface area contributed by atoms with Gasteiger partial charge in [-0.3, -0.25) is 4.79 Å². The number of carbonyl (C=O) groups is 1. The number of hydrogen-bond donors (Lipinski definition) is 10. The number of phenols is 5. The summed E-state index contributed by atoms with van der Waals surface area (Å²) < 4.78 is 35.2. The number of ether oxygens (including phenoxy) is 5. The van der Waals surface area contributed by atoms with Crippen molar-refractivity contribution in [3.8, 4) is 45.8 Å². The Bertz CT molecular complexity index is 2410. The molecule has 2 aliphatic heterocycles. The van der Waals surface area contributed by atoms with Crippen molar-refractivity contribution in [1.29, 1.82) is 0 Å². The zero-order valence-corrected chi connectivity index (χ0v) is 31.2. The molecule has 10 N–H and O–H groups in total. The lowest BCUT2D eigenvalue weighted by Crippen LogP contribution is -2.64. The maximum absolute atomic E-state index is 14.5. The lowest BCUT2D eigenvalue weighted by molar-refractivity contribution is -0.345. The van der Waals surface area contributed by atoms with Gasteiger partial charge in [0.15, 0.2) is 24.3 Å². The van der Waals surface area contributed by atoms with Gasteiger partial charge in [-0.2, -0.15) is 0 Å². The van der Waals surface area contributed by atoms with E-state index in [-0.39, 0.29) is 46.1 Å².